The lowest BCUT2D eigenvalue weighted by Crippen LogP contribution is -2.41. The molecule has 0 saturated heterocycles. The summed E-state index contributed by atoms with van der Waals surface area (Å²) in [5.41, 5.74) is -1.66. The van der Waals surface area contributed by atoms with Crippen molar-refractivity contribution >= 4 is 21.8 Å². The van der Waals surface area contributed by atoms with Crippen LogP contribution in [-0.4, -0.2) is 47.6 Å². The molecule has 0 spiro atoms. The molecular weight excluding hydrogens is 352 g/mol. The summed E-state index contributed by atoms with van der Waals surface area (Å²) in [5, 5.41) is 19.8. The van der Waals surface area contributed by atoms with Gasteiger partial charge in [-0.1, -0.05) is 24.0 Å². The first-order valence-electron chi connectivity index (χ1n) is 7.06. The monoisotopic (exact) mass is 370 g/mol. The fourth-order valence-electron chi connectivity index (χ4n) is 1.69. The lowest BCUT2D eigenvalue weighted by molar-refractivity contribution is -0.387. The van der Waals surface area contributed by atoms with Gasteiger partial charge in [0.1, 0.15) is 18.8 Å². The minimum absolute atomic E-state index is 0.295. The van der Waals surface area contributed by atoms with Gasteiger partial charge in [-0.2, -0.15) is 4.31 Å². The Bertz CT molecular complexity index is 816. The van der Waals surface area contributed by atoms with Gasteiger partial charge in [-0.25, -0.2) is 13.2 Å². The molecule has 1 rings (SSSR count). The molecule has 136 valence electrons. The molecule has 0 saturated carbocycles. The lowest BCUT2D eigenvalue weighted by Gasteiger charge is -2.25. The summed E-state index contributed by atoms with van der Waals surface area (Å²) in [6.07, 6.45) is -1.22. The molecule has 9 nitrogen and oxygen atoms in total. The number of amides is 1. The number of rotatable bonds is 4. The Kier molecular flexibility index (Phi) is 6.49. The maximum atomic E-state index is 12.8. The highest BCUT2D eigenvalue weighted by atomic mass is 32.2. The number of para-hydroxylation sites is 1. The van der Waals surface area contributed by atoms with Gasteiger partial charge in [0.25, 0.3) is 15.7 Å². The van der Waals surface area contributed by atoms with Crippen molar-refractivity contribution in [3.05, 3.63) is 34.4 Å². The number of sulfonamides is 1. The second kappa shape index (κ2) is 7.96. The predicted octanol–water partition coefficient (Wildman–Crippen LogP) is 1.52. The van der Waals surface area contributed by atoms with E-state index in [-0.39, 0.29) is 0 Å². The Balaban J connectivity index is 3.42. The number of carbonyl (C=O) groups is 1. The van der Waals surface area contributed by atoms with Crippen LogP contribution in [0.3, 0.4) is 0 Å². The minimum Gasteiger partial charge on any atom is -0.443 e. The Morgan fingerprint density at radius 1 is 1.32 bits per heavy atom. The summed E-state index contributed by atoms with van der Waals surface area (Å²) < 4.78 is 30.9. The summed E-state index contributed by atoms with van der Waals surface area (Å²) >= 11 is 0. The van der Waals surface area contributed by atoms with E-state index < -0.39 is 50.4 Å². The van der Waals surface area contributed by atoms with Crippen LogP contribution in [-0.2, 0) is 14.8 Å². The van der Waals surface area contributed by atoms with E-state index in [0.29, 0.717) is 4.31 Å². The second-order valence-corrected chi connectivity index (χ2v) is 7.56. The highest BCUT2D eigenvalue weighted by molar-refractivity contribution is 7.89. The van der Waals surface area contributed by atoms with Crippen molar-refractivity contribution in [3.8, 4) is 11.8 Å². The van der Waals surface area contributed by atoms with E-state index in [4.69, 9.17) is 9.84 Å². The van der Waals surface area contributed by atoms with Crippen LogP contribution in [0, 0.1) is 22.0 Å². The Labute approximate surface area is 145 Å². The van der Waals surface area contributed by atoms with Gasteiger partial charge in [0, 0.05) is 6.07 Å². The fraction of sp³-hybridized carbons (Fsp3) is 0.400. The summed E-state index contributed by atoms with van der Waals surface area (Å²) in [4.78, 5) is 21.9. The molecule has 0 unspecified atom stereocenters. The maximum absolute atomic E-state index is 12.8. The number of aliphatic hydroxyl groups excluding tert-OH is 1. The Morgan fingerprint density at radius 3 is 2.44 bits per heavy atom. The molecule has 1 aromatic carbocycles. The molecule has 0 aliphatic heterocycles. The molecule has 1 aromatic rings. The molecular formula is C15H18N2O7S. The van der Waals surface area contributed by atoms with Crippen molar-refractivity contribution in [1.82, 2.24) is 4.31 Å². The quantitative estimate of drug-likeness (QED) is 0.483. The van der Waals surface area contributed by atoms with Crippen molar-refractivity contribution in [2.75, 3.05) is 13.2 Å². The molecule has 25 heavy (non-hydrogen) atoms. The largest absolute Gasteiger partial charge is 0.443 e. The first-order chi connectivity index (χ1) is 11.5. The minimum atomic E-state index is -4.60. The Hall–Kier alpha value is -2.64. The smallest absolute Gasteiger partial charge is 0.425 e. The van der Waals surface area contributed by atoms with Gasteiger partial charge in [-0.15, -0.1) is 0 Å². The zero-order valence-corrected chi connectivity index (χ0v) is 14.7. The molecule has 0 heterocycles. The van der Waals surface area contributed by atoms with E-state index in [1.54, 1.807) is 20.8 Å². The second-order valence-electron chi connectivity index (χ2n) is 5.73. The van der Waals surface area contributed by atoms with Crippen LogP contribution in [0.4, 0.5) is 10.5 Å². The number of ether oxygens (including phenoxy) is 1. The molecule has 0 aliphatic carbocycles. The Morgan fingerprint density at radius 2 is 1.92 bits per heavy atom. The number of carbonyl (C=O) groups excluding carboxylic acids is 1. The third kappa shape index (κ3) is 5.44. The molecule has 1 amide bonds. The molecule has 1 N–H and O–H groups in total. The normalized spacial score (nSPS) is 11.2. The topological polar surface area (TPSA) is 127 Å². The number of aliphatic hydroxyl groups is 1. The van der Waals surface area contributed by atoms with Crippen molar-refractivity contribution < 1.29 is 28.0 Å². The molecule has 0 bridgehead atoms. The molecule has 0 aromatic heterocycles. The maximum Gasteiger partial charge on any atom is 0.425 e. The molecule has 0 aliphatic rings. The highest BCUT2D eigenvalue weighted by Gasteiger charge is 2.36. The van der Waals surface area contributed by atoms with Crippen molar-refractivity contribution in [2.24, 2.45) is 0 Å². The van der Waals surface area contributed by atoms with E-state index in [1.165, 1.54) is 12.1 Å². The highest BCUT2D eigenvalue weighted by Crippen LogP contribution is 2.27. The van der Waals surface area contributed by atoms with Crippen molar-refractivity contribution in [2.45, 2.75) is 31.3 Å². The van der Waals surface area contributed by atoms with Gasteiger partial charge in [0.2, 0.25) is 0 Å². The predicted molar refractivity (Wildman–Crippen MR) is 88.1 cm³/mol. The van der Waals surface area contributed by atoms with Crippen molar-refractivity contribution in [1.29, 1.82) is 0 Å². The van der Waals surface area contributed by atoms with Gasteiger partial charge < -0.3 is 9.84 Å². The SMILES string of the molecule is CC(C)(C)OC(=O)N(CC#CCO)S(=O)(=O)c1ccccc1[N+](=O)[O-]. The summed E-state index contributed by atoms with van der Waals surface area (Å²) in [6.45, 7) is 3.47. The third-order valence-corrected chi connectivity index (χ3v) is 4.41. The molecule has 10 heteroatoms. The first-order valence-corrected chi connectivity index (χ1v) is 8.50. The van der Waals surface area contributed by atoms with E-state index in [1.807, 2.05) is 0 Å². The van der Waals surface area contributed by atoms with Crippen LogP contribution >= 0.6 is 0 Å². The van der Waals surface area contributed by atoms with Crippen LogP contribution in [0.5, 0.6) is 0 Å². The standard InChI is InChI=1S/C15H18N2O7S/c1-15(2,3)24-14(19)16(10-6-7-11-18)25(22,23)13-9-5-4-8-12(13)17(20)21/h4-5,8-9,18H,10-11H2,1-3H3. The number of nitro benzene ring substituents is 1. The summed E-state index contributed by atoms with van der Waals surface area (Å²) in [5.74, 6) is 4.52. The average Bonchev–Trinajstić information content (AvgIpc) is 2.49. The fourth-order valence-corrected chi connectivity index (χ4v) is 3.05. The summed E-state index contributed by atoms with van der Waals surface area (Å²) in [7, 11) is -4.60. The van der Waals surface area contributed by atoms with Crippen LogP contribution in [0.15, 0.2) is 29.2 Å². The molecule has 0 radical (unpaired) electrons. The number of hydrogen-bond acceptors (Lipinski definition) is 7. The van der Waals surface area contributed by atoms with Gasteiger partial charge in [-0.3, -0.25) is 10.1 Å². The van der Waals surface area contributed by atoms with Gasteiger partial charge in [0.15, 0.2) is 4.90 Å². The number of nitro groups is 1. The van der Waals surface area contributed by atoms with Gasteiger partial charge >= 0.3 is 6.09 Å². The van der Waals surface area contributed by atoms with Gasteiger partial charge in [-0.05, 0) is 26.8 Å². The van der Waals surface area contributed by atoms with Crippen LogP contribution < -0.4 is 0 Å². The number of benzene rings is 1. The van der Waals surface area contributed by atoms with Gasteiger partial charge in [0.05, 0.1) is 4.92 Å². The van der Waals surface area contributed by atoms with E-state index in [0.717, 1.165) is 12.1 Å². The van der Waals surface area contributed by atoms with Crippen molar-refractivity contribution in [3.63, 3.8) is 0 Å². The first kappa shape index (κ1) is 20.4. The number of nitrogens with zero attached hydrogens (tertiary/aromatic N) is 2. The lowest BCUT2D eigenvalue weighted by atomic mass is 10.2. The van der Waals surface area contributed by atoms with E-state index >= 15 is 0 Å². The summed E-state index contributed by atoms with van der Waals surface area (Å²) in [6, 6.07) is 4.64. The van der Waals surface area contributed by atoms with E-state index in [9.17, 15) is 23.3 Å². The van der Waals surface area contributed by atoms with Crippen LogP contribution in [0.25, 0.3) is 0 Å². The van der Waals surface area contributed by atoms with Crippen LogP contribution in [0.2, 0.25) is 0 Å². The number of hydrogen-bond donors (Lipinski definition) is 1. The zero-order valence-electron chi connectivity index (χ0n) is 13.9. The molecule has 0 fully saturated rings. The van der Waals surface area contributed by atoms with Crippen LogP contribution in [0.1, 0.15) is 20.8 Å². The molecule has 0 atom stereocenters. The van der Waals surface area contributed by atoms with E-state index in [2.05, 4.69) is 11.8 Å². The average molecular weight is 370 g/mol. The zero-order chi connectivity index (χ0) is 19.3. The third-order valence-electron chi connectivity index (χ3n) is 2.65.